The van der Waals surface area contributed by atoms with Crippen LogP contribution < -0.4 is 21.1 Å². The number of hydrogen-bond acceptors (Lipinski definition) is 4. The minimum Gasteiger partial charge on any atom is -0.491 e. The molecular formula is C13H17ClF3N3O3. The highest BCUT2D eigenvalue weighted by atomic mass is 35.5. The molecule has 0 radical (unpaired) electrons. The normalized spacial score (nSPS) is 10.4. The Morgan fingerprint density at radius 1 is 1.13 bits per heavy atom. The molecule has 23 heavy (non-hydrogen) atoms. The van der Waals surface area contributed by atoms with Crippen molar-refractivity contribution in [3.05, 3.63) is 29.8 Å². The first-order valence-electron chi connectivity index (χ1n) is 6.37. The van der Waals surface area contributed by atoms with Gasteiger partial charge in [0.05, 0.1) is 25.2 Å². The first kappa shape index (κ1) is 21.0. The van der Waals surface area contributed by atoms with Crippen LogP contribution in [0.1, 0.15) is 5.56 Å². The number of para-hydroxylation sites is 1. The lowest BCUT2D eigenvalue weighted by molar-refractivity contribution is -0.139. The van der Waals surface area contributed by atoms with E-state index in [1.54, 1.807) is 0 Å². The van der Waals surface area contributed by atoms with Crippen molar-refractivity contribution >= 4 is 24.2 Å². The second-order valence-corrected chi connectivity index (χ2v) is 4.17. The van der Waals surface area contributed by atoms with Gasteiger partial charge in [-0.05, 0) is 12.1 Å². The van der Waals surface area contributed by atoms with Crippen LogP contribution in [0.15, 0.2) is 24.3 Å². The molecule has 6 nitrogen and oxygen atoms in total. The van der Waals surface area contributed by atoms with E-state index < -0.39 is 23.6 Å². The molecule has 0 aromatic heterocycles. The number of carbonyl (C=O) groups is 2. The third-order valence-electron chi connectivity index (χ3n) is 2.51. The largest absolute Gasteiger partial charge is 0.491 e. The molecule has 1 aromatic carbocycles. The van der Waals surface area contributed by atoms with Crippen molar-refractivity contribution in [2.24, 2.45) is 5.73 Å². The molecule has 0 unspecified atom stereocenters. The number of hydrogen-bond donors (Lipinski definition) is 3. The average molecular weight is 356 g/mol. The van der Waals surface area contributed by atoms with Gasteiger partial charge in [0.15, 0.2) is 0 Å². The zero-order valence-electron chi connectivity index (χ0n) is 12.0. The Kier molecular flexibility index (Phi) is 9.04. The Labute approximate surface area is 137 Å². The number of carbonyl (C=O) groups excluding carboxylic acids is 2. The molecule has 0 aliphatic carbocycles. The molecule has 0 heterocycles. The van der Waals surface area contributed by atoms with Gasteiger partial charge in [0, 0.05) is 0 Å². The van der Waals surface area contributed by atoms with Gasteiger partial charge < -0.3 is 21.1 Å². The molecule has 1 rings (SSSR count). The van der Waals surface area contributed by atoms with Crippen LogP contribution in [0.2, 0.25) is 0 Å². The number of halogens is 4. The fourth-order valence-corrected chi connectivity index (χ4v) is 1.49. The molecule has 0 spiro atoms. The van der Waals surface area contributed by atoms with E-state index in [0.717, 1.165) is 6.07 Å². The Balaban J connectivity index is 0.00000484. The minimum absolute atomic E-state index is 0. The number of amides is 2. The Morgan fingerprint density at radius 2 is 1.78 bits per heavy atom. The topological polar surface area (TPSA) is 93.5 Å². The number of rotatable bonds is 7. The van der Waals surface area contributed by atoms with Crippen LogP contribution >= 0.6 is 12.4 Å². The van der Waals surface area contributed by atoms with Crippen molar-refractivity contribution in [2.75, 3.05) is 26.2 Å². The highest BCUT2D eigenvalue weighted by molar-refractivity contribution is 5.85. The lowest BCUT2D eigenvalue weighted by Crippen LogP contribution is -2.40. The van der Waals surface area contributed by atoms with Crippen LogP contribution in [0, 0.1) is 0 Å². The summed E-state index contributed by atoms with van der Waals surface area (Å²) in [5, 5.41) is 4.64. The van der Waals surface area contributed by atoms with Crippen LogP contribution in [0.4, 0.5) is 13.2 Å². The molecule has 130 valence electrons. The zero-order valence-corrected chi connectivity index (χ0v) is 12.8. The maximum absolute atomic E-state index is 12.7. The molecule has 0 saturated carbocycles. The van der Waals surface area contributed by atoms with Gasteiger partial charge in [-0.15, -0.1) is 12.4 Å². The molecular weight excluding hydrogens is 339 g/mol. The summed E-state index contributed by atoms with van der Waals surface area (Å²) >= 11 is 0. The lowest BCUT2D eigenvalue weighted by Gasteiger charge is -2.14. The first-order chi connectivity index (χ1) is 10.3. The fourth-order valence-electron chi connectivity index (χ4n) is 1.49. The molecule has 0 aliphatic rings. The Morgan fingerprint density at radius 3 is 2.39 bits per heavy atom. The lowest BCUT2D eigenvalue weighted by atomic mass is 10.2. The number of ether oxygens (including phenoxy) is 1. The second kappa shape index (κ2) is 9.90. The molecule has 10 heteroatoms. The van der Waals surface area contributed by atoms with Gasteiger partial charge in [-0.2, -0.15) is 13.2 Å². The molecule has 0 fully saturated rings. The van der Waals surface area contributed by atoms with Crippen molar-refractivity contribution in [1.29, 1.82) is 0 Å². The maximum Gasteiger partial charge on any atom is 0.419 e. The van der Waals surface area contributed by atoms with Gasteiger partial charge >= 0.3 is 6.18 Å². The molecule has 4 N–H and O–H groups in total. The molecule has 2 amide bonds. The van der Waals surface area contributed by atoms with Gasteiger partial charge in [-0.3, -0.25) is 9.59 Å². The third-order valence-corrected chi connectivity index (χ3v) is 2.51. The molecule has 1 aromatic rings. The van der Waals surface area contributed by atoms with Crippen molar-refractivity contribution in [1.82, 2.24) is 10.6 Å². The van der Waals surface area contributed by atoms with E-state index in [1.165, 1.54) is 18.2 Å². The van der Waals surface area contributed by atoms with Crippen LogP contribution in [-0.2, 0) is 15.8 Å². The minimum atomic E-state index is -4.51. The fraction of sp³-hybridized carbons (Fsp3) is 0.385. The monoisotopic (exact) mass is 355 g/mol. The summed E-state index contributed by atoms with van der Waals surface area (Å²) in [7, 11) is 0. The predicted molar refractivity (Wildman–Crippen MR) is 79.3 cm³/mol. The average Bonchev–Trinajstić information content (AvgIpc) is 2.48. The van der Waals surface area contributed by atoms with Crippen LogP contribution in [0.25, 0.3) is 0 Å². The number of nitrogens with two attached hydrogens (primary N) is 1. The van der Waals surface area contributed by atoms with Crippen molar-refractivity contribution in [2.45, 2.75) is 6.18 Å². The van der Waals surface area contributed by atoms with E-state index in [2.05, 4.69) is 10.6 Å². The standard InChI is InChI=1S/C13H16F3N3O3.ClH/c14-13(15,16)9-3-1-2-4-10(9)22-6-5-18-12(21)8-19-11(20)7-17;/h1-4H,5-8,17H2,(H,18,21)(H,19,20);1H. The van der Waals surface area contributed by atoms with Crippen molar-refractivity contribution < 1.29 is 27.5 Å². The highest BCUT2D eigenvalue weighted by Crippen LogP contribution is 2.35. The molecule has 0 saturated heterocycles. The highest BCUT2D eigenvalue weighted by Gasteiger charge is 2.33. The zero-order chi connectivity index (χ0) is 16.6. The van der Waals surface area contributed by atoms with Gasteiger partial charge in [0.2, 0.25) is 11.8 Å². The third kappa shape index (κ3) is 7.71. The Bertz CT molecular complexity index is 527. The summed E-state index contributed by atoms with van der Waals surface area (Å²) in [6.45, 7) is -0.618. The first-order valence-corrected chi connectivity index (χ1v) is 6.37. The van der Waals surface area contributed by atoms with E-state index >= 15 is 0 Å². The smallest absolute Gasteiger partial charge is 0.419 e. The summed E-state index contributed by atoms with van der Waals surface area (Å²) in [4.78, 5) is 22.1. The number of alkyl halides is 3. The van der Waals surface area contributed by atoms with Crippen LogP contribution in [-0.4, -0.2) is 38.1 Å². The summed E-state index contributed by atoms with van der Waals surface area (Å²) in [6.07, 6.45) is -4.51. The maximum atomic E-state index is 12.7. The van der Waals surface area contributed by atoms with Gasteiger partial charge in [0.25, 0.3) is 0 Å². The van der Waals surface area contributed by atoms with Crippen LogP contribution in [0.5, 0.6) is 5.75 Å². The van der Waals surface area contributed by atoms with E-state index in [9.17, 15) is 22.8 Å². The quantitative estimate of drug-likeness (QED) is 0.628. The molecule has 0 atom stereocenters. The molecule has 0 bridgehead atoms. The SMILES string of the molecule is Cl.NCC(=O)NCC(=O)NCCOc1ccccc1C(F)(F)F. The summed E-state index contributed by atoms with van der Waals surface area (Å²) in [5.41, 5.74) is 4.16. The molecule has 0 aliphatic heterocycles. The van der Waals surface area contributed by atoms with Gasteiger partial charge in [0.1, 0.15) is 12.4 Å². The van der Waals surface area contributed by atoms with Gasteiger partial charge in [-0.25, -0.2) is 0 Å². The van der Waals surface area contributed by atoms with E-state index in [4.69, 9.17) is 10.5 Å². The number of nitrogens with one attached hydrogen (secondary N) is 2. The van der Waals surface area contributed by atoms with Crippen molar-refractivity contribution in [3.63, 3.8) is 0 Å². The van der Waals surface area contributed by atoms with Gasteiger partial charge in [-0.1, -0.05) is 12.1 Å². The second-order valence-electron chi connectivity index (χ2n) is 4.17. The summed E-state index contributed by atoms with van der Waals surface area (Å²) < 4.78 is 43.1. The predicted octanol–water partition coefficient (Wildman–Crippen LogP) is 0.697. The Hall–Kier alpha value is -2.00. The summed E-state index contributed by atoms with van der Waals surface area (Å²) in [5.74, 6) is -1.28. The number of benzene rings is 1. The van der Waals surface area contributed by atoms with E-state index in [0.29, 0.717) is 0 Å². The van der Waals surface area contributed by atoms with E-state index in [-0.39, 0.29) is 44.4 Å². The van der Waals surface area contributed by atoms with Crippen molar-refractivity contribution in [3.8, 4) is 5.75 Å². The van der Waals surface area contributed by atoms with E-state index in [1.807, 2.05) is 0 Å². The summed E-state index contributed by atoms with van der Waals surface area (Å²) in [6, 6.07) is 4.80. The van der Waals surface area contributed by atoms with Crippen LogP contribution in [0.3, 0.4) is 0 Å².